The average Bonchev–Trinajstić information content (AvgIpc) is 2.74. The molecule has 0 radical (unpaired) electrons. The minimum absolute atomic E-state index is 0.0918. The van der Waals surface area contributed by atoms with Crippen LogP contribution in [0.2, 0.25) is 5.02 Å². The van der Waals surface area contributed by atoms with Crippen molar-refractivity contribution >= 4 is 50.0 Å². The summed E-state index contributed by atoms with van der Waals surface area (Å²) in [7, 11) is -1.33. The van der Waals surface area contributed by atoms with Gasteiger partial charge in [-0.3, -0.25) is 4.79 Å². The van der Waals surface area contributed by atoms with Crippen molar-refractivity contribution in [2.24, 2.45) is 0 Å². The van der Waals surface area contributed by atoms with Crippen LogP contribution in [0.3, 0.4) is 0 Å². The number of halogens is 1. The fourth-order valence-electron chi connectivity index (χ4n) is 2.86. The maximum atomic E-state index is 12.9. The molecule has 0 fully saturated rings. The molecule has 0 aliphatic rings. The predicted molar refractivity (Wildman–Crippen MR) is 115 cm³/mol. The van der Waals surface area contributed by atoms with Crippen molar-refractivity contribution in [3.8, 4) is 0 Å². The molecule has 3 aromatic rings. The van der Waals surface area contributed by atoms with E-state index in [0.29, 0.717) is 5.69 Å². The summed E-state index contributed by atoms with van der Waals surface area (Å²) in [6.07, 6.45) is 0. The fourth-order valence-corrected chi connectivity index (χ4v) is 4.22. The lowest BCUT2D eigenvalue weighted by Crippen LogP contribution is -2.35. The highest BCUT2D eigenvalue weighted by atomic mass is 35.5. The Morgan fingerprint density at radius 1 is 1.03 bits per heavy atom. The topological polar surface area (TPSA) is 92.8 Å². The van der Waals surface area contributed by atoms with E-state index in [4.69, 9.17) is 11.6 Å². The molecule has 9 heteroatoms. The molecule has 0 saturated carbocycles. The molecule has 0 saturated heterocycles. The quantitative estimate of drug-likeness (QED) is 0.584. The van der Waals surface area contributed by atoms with Crippen LogP contribution in [0, 0.1) is 0 Å². The molecule has 0 aliphatic carbocycles. The predicted octanol–water partition coefficient (Wildman–Crippen LogP) is 3.54. The van der Waals surface area contributed by atoms with Gasteiger partial charge < -0.3 is 10.1 Å². The van der Waals surface area contributed by atoms with Crippen molar-refractivity contribution in [2.45, 2.75) is 4.90 Å². The standard InChI is InChI=1S/C21H19ClN2O5S/c1-24(30(27,28)17-9-7-14-5-3-4-6-15(14)11-17)13-20(25)23-16-8-10-19(22)18(12-16)21(26)29-2/h3-12H,13H2,1-2H3,(H,23,25). The molecule has 0 aliphatic heterocycles. The summed E-state index contributed by atoms with van der Waals surface area (Å²) >= 11 is 5.96. The van der Waals surface area contributed by atoms with Gasteiger partial charge in [-0.05, 0) is 41.1 Å². The second-order valence-corrected chi connectivity index (χ2v) is 8.96. The number of methoxy groups -OCH3 is 1. The number of carbonyl (C=O) groups is 2. The fraction of sp³-hybridized carbons (Fsp3) is 0.143. The highest BCUT2D eigenvalue weighted by Crippen LogP contribution is 2.23. The van der Waals surface area contributed by atoms with Crippen molar-refractivity contribution < 1.29 is 22.7 Å². The monoisotopic (exact) mass is 446 g/mol. The Balaban J connectivity index is 1.75. The molecule has 0 unspecified atom stereocenters. The molecule has 0 heterocycles. The van der Waals surface area contributed by atoms with Crippen LogP contribution in [-0.4, -0.2) is 45.3 Å². The SMILES string of the molecule is COC(=O)c1cc(NC(=O)CN(C)S(=O)(=O)c2ccc3ccccc3c2)ccc1Cl. The van der Waals surface area contributed by atoms with Gasteiger partial charge in [0, 0.05) is 12.7 Å². The maximum Gasteiger partial charge on any atom is 0.339 e. The van der Waals surface area contributed by atoms with E-state index in [0.717, 1.165) is 15.1 Å². The Morgan fingerprint density at radius 3 is 2.43 bits per heavy atom. The van der Waals surface area contributed by atoms with Crippen LogP contribution in [0.5, 0.6) is 0 Å². The Hall–Kier alpha value is -2.94. The number of nitrogens with zero attached hydrogens (tertiary/aromatic N) is 1. The molecule has 0 aromatic heterocycles. The van der Waals surface area contributed by atoms with E-state index in [-0.39, 0.29) is 15.5 Å². The first kappa shape index (κ1) is 21.8. The summed E-state index contributed by atoms with van der Waals surface area (Å²) in [5.41, 5.74) is 0.385. The van der Waals surface area contributed by atoms with E-state index in [1.807, 2.05) is 24.3 Å². The van der Waals surface area contributed by atoms with Crippen LogP contribution in [0.25, 0.3) is 10.8 Å². The molecule has 0 atom stereocenters. The first-order chi connectivity index (χ1) is 14.2. The summed E-state index contributed by atoms with van der Waals surface area (Å²) < 4.78 is 31.3. The second kappa shape index (κ2) is 8.83. The Kier molecular flexibility index (Phi) is 6.40. The largest absolute Gasteiger partial charge is 0.465 e. The van der Waals surface area contributed by atoms with E-state index >= 15 is 0 Å². The molecule has 1 amide bonds. The highest BCUT2D eigenvalue weighted by Gasteiger charge is 2.23. The summed E-state index contributed by atoms with van der Waals surface area (Å²) in [5.74, 6) is -1.22. The van der Waals surface area contributed by atoms with Crippen LogP contribution in [0.15, 0.2) is 65.6 Å². The molecule has 7 nitrogen and oxygen atoms in total. The third kappa shape index (κ3) is 4.62. The van der Waals surface area contributed by atoms with Crippen LogP contribution in [-0.2, 0) is 19.6 Å². The van der Waals surface area contributed by atoms with Gasteiger partial charge in [0.2, 0.25) is 15.9 Å². The van der Waals surface area contributed by atoms with E-state index in [1.54, 1.807) is 12.1 Å². The number of ether oxygens (including phenoxy) is 1. The first-order valence-corrected chi connectivity index (χ1v) is 10.7. The number of anilines is 1. The lowest BCUT2D eigenvalue weighted by molar-refractivity contribution is -0.116. The third-order valence-electron chi connectivity index (χ3n) is 4.45. The molecule has 3 rings (SSSR count). The number of hydrogen-bond acceptors (Lipinski definition) is 5. The second-order valence-electron chi connectivity index (χ2n) is 6.50. The number of sulfonamides is 1. The van der Waals surface area contributed by atoms with Gasteiger partial charge >= 0.3 is 5.97 Å². The van der Waals surface area contributed by atoms with Crippen molar-refractivity contribution in [3.05, 3.63) is 71.2 Å². The Morgan fingerprint density at radius 2 is 1.73 bits per heavy atom. The first-order valence-electron chi connectivity index (χ1n) is 8.85. The number of hydrogen-bond donors (Lipinski definition) is 1. The Labute approximate surface area is 179 Å². The molecule has 0 bridgehead atoms. The van der Waals surface area contributed by atoms with Crippen molar-refractivity contribution in [1.29, 1.82) is 0 Å². The summed E-state index contributed by atoms with van der Waals surface area (Å²) in [5, 5.41) is 4.44. The number of likely N-dealkylation sites (N-methyl/N-ethyl adjacent to an activating group) is 1. The molecule has 3 aromatic carbocycles. The van der Waals surface area contributed by atoms with E-state index in [9.17, 15) is 18.0 Å². The number of amides is 1. The van der Waals surface area contributed by atoms with Crippen LogP contribution < -0.4 is 5.32 Å². The van der Waals surface area contributed by atoms with Crippen molar-refractivity contribution in [1.82, 2.24) is 4.31 Å². The van der Waals surface area contributed by atoms with E-state index in [1.165, 1.54) is 38.4 Å². The minimum atomic E-state index is -3.87. The smallest absolute Gasteiger partial charge is 0.339 e. The van der Waals surface area contributed by atoms with Crippen LogP contribution in [0.1, 0.15) is 10.4 Å². The van der Waals surface area contributed by atoms with E-state index < -0.39 is 28.4 Å². The van der Waals surface area contributed by atoms with Gasteiger partial charge in [0.05, 0.1) is 29.1 Å². The van der Waals surface area contributed by atoms with Crippen molar-refractivity contribution in [2.75, 3.05) is 26.0 Å². The lowest BCUT2D eigenvalue weighted by atomic mass is 10.1. The van der Waals surface area contributed by atoms with Gasteiger partial charge in [0.15, 0.2) is 0 Å². The zero-order chi connectivity index (χ0) is 21.9. The number of rotatable bonds is 6. The highest BCUT2D eigenvalue weighted by molar-refractivity contribution is 7.89. The number of nitrogens with one attached hydrogen (secondary N) is 1. The zero-order valence-corrected chi connectivity index (χ0v) is 17.8. The minimum Gasteiger partial charge on any atom is -0.465 e. The number of carbonyl (C=O) groups excluding carboxylic acids is 2. The normalized spacial score (nSPS) is 11.5. The molecule has 0 spiro atoms. The molecule has 30 heavy (non-hydrogen) atoms. The van der Waals surface area contributed by atoms with Gasteiger partial charge in [-0.2, -0.15) is 4.31 Å². The molecule has 156 valence electrons. The van der Waals surface area contributed by atoms with Crippen molar-refractivity contribution in [3.63, 3.8) is 0 Å². The van der Waals surface area contributed by atoms with Gasteiger partial charge in [-0.15, -0.1) is 0 Å². The maximum absolute atomic E-state index is 12.9. The average molecular weight is 447 g/mol. The molecular formula is C21H19ClN2O5S. The van der Waals surface area contributed by atoms with Gasteiger partial charge in [-0.25, -0.2) is 13.2 Å². The van der Waals surface area contributed by atoms with Gasteiger partial charge in [-0.1, -0.05) is 41.9 Å². The molecule has 1 N–H and O–H groups in total. The van der Waals surface area contributed by atoms with Crippen LogP contribution >= 0.6 is 11.6 Å². The summed E-state index contributed by atoms with van der Waals surface area (Å²) in [4.78, 5) is 24.2. The summed E-state index contributed by atoms with van der Waals surface area (Å²) in [6.45, 7) is -0.411. The number of esters is 1. The number of benzene rings is 3. The zero-order valence-electron chi connectivity index (χ0n) is 16.3. The molecular weight excluding hydrogens is 428 g/mol. The van der Waals surface area contributed by atoms with Crippen LogP contribution in [0.4, 0.5) is 5.69 Å². The van der Waals surface area contributed by atoms with Gasteiger partial charge in [0.25, 0.3) is 0 Å². The lowest BCUT2D eigenvalue weighted by Gasteiger charge is -2.17. The van der Waals surface area contributed by atoms with Gasteiger partial charge in [0.1, 0.15) is 0 Å². The number of fused-ring (bicyclic) bond motifs is 1. The summed E-state index contributed by atoms with van der Waals surface area (Å²) in [6, 6.07) is 16.5. The third-order valence-corrected chi connectivity index (χ3v) is 6.58. The van der Waals surface area contributed by atoms with E-state index in [2.05, 4.69) is 10.1 Å². The Bertz CT molecular complexity index is 1230.